The lowest BCUT2D eigenvalue weighted by atomic mass is 9.85. The molecular weight excluding hydrogens is 242 g/mol. The van der Waals surface area contributed by atoms with Crippen molar-refractivity contribution in [3.8, 4) is 0 Å². The zero-order chi connectivity index (χ0) is 12.9. The third-order valence-corrected chi connectivity index (χ3v) is 4.94. The summed E-state index contributed by atoms with van der Waals surface area (Å²) in [6.45, 7) is 8.21. The van der Waals surface area contributed by atoms with Crippen LogP contribution in [0.3, 0.4) is 0 Å². The minimum absolute atomic E-state index is 0.297. The van der Waals surface area contributed by atoms with Gasteiger partial charge in [-0.1, -0.05) is 38.4 Å². The monoisotopic (exact) mass is 263 g/mol. The van der Waals surface area contributed by atoms with Crippen molar-refractivity contribution in [2.24, 2.45) is 17.3 Å². The van der Waals surface area contributed by atoms with Gasteiger partial charge in [-0.15, -0.1) is 0 Å². The summed E-state index contributed by atoms with van der Waals surface area (Å²) in [5.74, 6) is 1.81. The number of benzene rings is 1. The van der Waals surface area contributed by atoms with E-state index in [-0.39, 0.29) is 0 Å². The maximum absolute atomic E-state index is 6.15. The van der Waals surface area contributed by atoms with E-state index in [0.717, 1.165) is 29.8 Å². The van der Waals surface area contributed by atoms with Gasteiger partial charge in [0.1, 0.15) is 0 Å². The molecule has 0 bridgehead atoms. The quantitative estimate of drug-likeness (QED) is 0.862. The van der Waals surface area contributed by atoms with Gasteiger partial charge in [0, 0.05) is 11.1 Å². The predicted molar refractivity (Wildman–Crippen MR) is 77.0 cm³/mol. The van der Waals surface area contributed by atoms with E-state index < -0.39 is 0 Å². The molecule has 0 amide bonds. The summed E-state index contributed by atoms with van der Waals surface area (Å²) < 4.78 is 0. The Morgan fingerprint density at radius 1 is 1.39 bits per heavy atom. The molecule has 1 nitrogen and oxygen atoms in total. The smallest absolute Gasteiger partial charge is 0.0409 e. The predicted octanol–water partition coefficient (Wildman–Crippen LogP) is 4.21. The van der Waals surface area contributed by atoms with Crippen molar-refractivity contribution in [3.05, 3.63) is 34.3 Å². The maximum atomic E-state index is 6.15. The molecule has 3 unspecified atom stereocenters. The summed E-state index contributed by atoms with van der Waals surface area (Å²) in [6, 6.07) is 6.82. The summed E-state index contributed by atoms with van der Waals surface area (Å²) in [6.07, 6.45) is 2.54. The first kappa shape index (κ1) is 12.5. The number of fused-ring (bicyclic) bond motifs is 1. The molecule has 1 fully saturated rings. The Morgan fingerprint density at radius 3 is 2.78 bits per heavy atom. The second-order valence-electron chi connectivity index (χ2n) is 6.82. The molecule has 0 heterocycles. The van der Waals surface area contributed by atoms with Crippen LogP contribution in [0.4, 0.5) is 0 Å². The molecular formula is C16H22ClN. The lowest BCUT2D eigenvalue weighted by Gasteiger charge is -2.29. The third kappa shape index (κ3) is 2.19. The van der Waals surface area contributed by atoms with Crippen molar-refractivity contribution in [3.63, 3.8) is 0 Å². The second-order valence-corrected chi connectivity index (χ2v) is 7.26. The molecule has 98 valence electrons. The molecule has 0 spiro atoms. The van der Waals surface area contributed by atoms with Crippen molar-refractivity contribution >= 4 is 11.6 Å². The molecule has 1 aromatic carbocycles. The van der Waals surface area contributed by atoms with Crippen molar-refractivity contribution in [2.45, 2.75) is 39.7 Å². The number of halogens is 1. The standard InChI is InChI=1S/C16H22ClN/c1-10-6-12(10)9-18-15-14-7-13(17)5-4-11(14)8-16(15,2)3/h4-5,7,10,12,15,18H,6,8-9H2,1-3H3. The van der Waals surface area contributed by atoms with E-state index in [1.807, 2.05) is 6.07 Å². The van der Waals surface area contributed by atoms with Crippen molar-refractivity contribution in [1.29, 1.82) is 0 Å². The Morgan fingerprint density at radius 2 is 2.11 bits per heavy atom. The van der Waals surface area contributed by atoms with Crippen LogP contribution in [0.15, 0.2) is 18.2 Å². The molecule has 0 aromatic heterocycles. The zero-order valence-corrected chi connectivity index (χ0v) is 12.2. The number of hydrogen-bond donors (Lipinski definition) is 1. The lowest BCUT2D eigenvalue weighted by Crippen LogP contribution is -2.32. The first-order valence-electron chi connectivity index (χ1n) is 6.99. The fourth-order valence-corrected chi connectivity index (χ4v) is 3.53. The van der Waals surface area contributed by atoms with E-state index in [9.17, 15) is 0 Å². The molecule has 2 aliphatic carbocycles. The van der Waals surface area contributed by atoms with Gasteiger partial charge in [0.25, 0.3) is 0 Å². The van der Waals surface area contributed by atoms with Gasteiger partial charge in [0.2, 0.25) is 0 Å². The Labute approximate surface area is 115 Å². The van der Waals surface area contributed by atoms with Gasteiger partial charge in [0.05, 0.1) is 0 Å². The van der Waals surface area contributed by atoms with Gasteiger partial charge in [-0.05, 0) is 59.9 Å². The summed E-state index contributed by atoms with van der Waals surface area (Å²) in [4.78, 5) is 0. The highest BCUT2D eigenvalue weighted by atomic mass is 35.5. The summed E-state index contributed by atoms with van der Waals surface area (Å²) in [7, 11) is 0. The molecule has 0 aliphatic heterocycles. The van der Waals surface area contributed by atoms with E-state index in [2.05, 4.69) is 38.2 Å². The van der Waals surface area contributed by atoms with Crippen LogP contribution in [-0.4, -0.2) is 6.54 Å². The zero-order valence-electron chi connectivity index (χ0n) is 11.5. The molecule has 0 saturated heterocycles. The second kappa shape index (κ2) is 4.25. The van der Waals surface area contributed by atoms with E-state index in [4.69, 9.17) is 11.6 Å². The topological polar surface area (TPSA) is 12.0 Å². The largest absolute Gasteiger partial charge is 0.309 e. The maximum Gasteiger partial charge on any atom is 0.0409 e. The van der Waals surface area contributed by atoms with Gasteiger partial charge >= 0.3 is 0 Å². The van der Waals surface area contributed by atoms with Crippen LogP contribution in [0.1, 0.15) is 44.4 Å². The molecule has 3 rings (SSSR count). The van der Waals surface area contributed by atoms with Gasteiger partial charge < -0.3 is 5.32 Å². The van der Waals surface area contributed by atoms with Gasteiger partial charge in [-0.25, -0.2) is 0 Å². The first-order valence-corrected chi connectivity index (χ1v) is 7.37. The van der Waals surface area contributed by atoms with Crippen LogP contribution in [0, 0.1) is 17.3 Å². The molecule has 0 radical (unpaired) electrons. The van der Waals surface area contributed by atoms with E-state index in [0.29, 0.717) is 11.5 Å². The van der Waals surface area contributed by atoms with Gasteiger partial charge in [0.15, 0.2) is 0 Å². The van der Waals surface area contributed by atoms with E-state index in [1.54, 1.807) is 0 Å². The molecule has 1 aromatic rings. The van der Waals surface area contributed by atoms with Gasteiger partial charge in [-0.2, -0.15) is 0 Å². The van der Waals surface area contributed by atoms with Crippen molar-refractivity contribution in [1.82, 2.24) is 5.32 Å². The highest BCUT2D eigenvalue weighted by Gasteiger charge is 2.40. The average molecular weight is 264 g/mol. The Bertz CT molecular complexity index is 466. The molecule has 3 atom stereocenters. The minimum Gasteiger partial charge on any atom is -0.309 e. The minimum atomic E-state index is 0.297. The highest BCUT2D eigenvalue weighted by Crippen LogP contribution is 2.46. The fourth-order valence-electron chi connectivity index (χ4n) is 3.35. The molecule has 2 heteroatoms. The van der Waals surface area contributed by atoms with Crippen molar-refractivity contribution in [2.75, 3.05) is 6.54 Å². The number of hydrogen-bond acceptors (Lipinski definition) is 1. The fraction of sp³-hybridized carbons (Fsp3) is 0.625. The van der Waals surface area contributed by atoms with Crippen LogP contribution in [-0.2, 0) is 6.42 Å². The molecule has 18 heavy (non-hydrogen) atoms. The van der Waals surface area contributed by atoms with E-state index in [1.165, 1.54) is 17.5 Å². The third-order valence-electron chi connectivity index (χ3n) is 4.71. The van der Waals surface area contributed by atoms with Crippen LogP contribution in [0.5, 0.6) is 0 Å². The highest BCUT2D eigenvalue weighted by molar-refractivity contribution is 6.30. The normalized spacial score (nSPS) is 32.3. The first-order chi connectivity index (χ1) is 8.47. The van der Waals surface area contributed by atoms with Gasteiger partial charge in [-0.3, -0.25) is 0 Å². The molecule has 2 aliphatic rings. The average Bonchev–Trinajstić information content (AvgIpc) is 2.91. The Hall–Kier alpha value is -0.530. The SMILES string of the molecule is CC1CC1CNC1c2cc(Cl)ccc2CC1(C)C. The molecule has 1 N–H and O–H groups in total. The lowest BCUT2D eigenvalue weighted by molar-refractivity contribution is 0.266. The summed E-state index contributed by atoms with van der Waals surface area (Å²) in [5, 5.41) is 4.65. The summed E-state index contributed by atoms with van der Waals surface area (Å²) in [5.41, 5.74) is 3.18. The Balaban J connectivity index is 1.80. The van der Waals surface area contributed by atoms with Crippen LogP contribution in [0.25, 0.3) is 0 Å². The van der Waals surface area contributed by atoms with E-state index >= 15 is 0 Å². The Kier molecular flexibility index (Phi) is 2.95. The van der Waals surface area contributed by atoms with Crippen LogP contribution in [0.2, 0.25) is 5.02 Å². The van der Waals surface area contributed by atoms with Crippen molar-refractivity contribution < 1.29 is 0 Å². The van der Waals surface area contributed by atoms with Crippen LogP contribution >= 0.6 is 11.6 Å². The summed E-state index contributed by atoms with van der Waals surface area (Å²) >= 11 is 6.15. The number of nitrogens with one attached hydrogen (secondary N) is 1. The van der Waals surface area contributed by atoms with Crippen LogP contribution < -0.4 is 5.32 Å². The molecule has 1 saturated carbocycles. The number of rotatable bonds is 3.